The first kappa shape index (κ1) is 15.6. The van der Waals surface area contributed by atoms with Gasteiger partial charge in [-0.2, -0.15) is 0 Å². The minimum Gasteiger partial charge on any atom is -0.398 e. The topological polar surface area (TPSA) is 80.0 Å². The van der Waals surface area contributed by atoms with Crippen LogP contribution in [-0.4, -0.2) is 23.0 Å². The van der Waals surface area contributed by atoms with Crippen molar-refractivity contribution >= 4 is 44.1 Å². The second kappa shape index (κ2) is 6.30. The summed E-state index contributed by atoms with van der Waals surface area (Å²) in [5, 5.41) is 6.92. The fraction of sp³-hybridized carbons (Fsp3) is 0.333. The second-order valence-corrected chi connectivity index (χ2v) is 6.20. The number of pyridine rings is 1. The number of hydrogen-bond donors (Lipinski definition) is 3. The molecule has 1 unspecified atom stereocenters. The van der Waals surface area contributed by atoms with Gasteiger partial charge in [0.1, 0.15) is 6.04 Å². The number of anilines is 2. The van der Waals surface area contributed by atoms with Crippen molar-refractivity contribution in [2.45, 2.75) is 32.9 Å². The highest BCUT2D eigenvalue weighted by atomic mass is 79.9. The lowest BCUT2D eigenvalue weighted by Gasteiger charge is -2.18. The number of nitrogens with one attached hydrogen (secondary N) is 2. The van der Waals surface area contributed by atoms with Crippen LogP contribution in [0.15, 0.2) is 28.9 Å². The summed E-state index contributed by atoms with van der Waals surface area (Å²) in [7, 11) is 0. The van der Waals surface area contributed by atoms with Crippen molar-refractivity contribution in [2.24, 2.45) is 0 Å². The van der Waals surface area contributed by atoms with Crippen molar-refractivity contribution < 1.29 is 4.79 Å². The fourth-order valence-corrected chi connectivity index (χ4v) is 2.37. The zero-order valence-corrected chi connectivity index (χ0v) is 13.9. The van der Waals surface area contributed by atoms with E-state index in [-0.39, 0.29) is 18.0 Å². The van der Waals surface area contributed by atoms with Gasteiger partial charge >= 0.3 is 0 Å². The van der Waals surface area contributed by atoms with Gasteiger partial charge in [-0.25, -0.2) is 0 Å². The van der Waals surface area contributed by atoms with Crippen LogP contribution in [0.5, 0.6) is 0 Å². The molecule has 112 valence electrons. The molecule has 0 aliphatic rings. The van der Waals surface area contributed by atoms with Gasteiger partial charge in [0.25, 0.3) is 0 Å². The van der Waals surface area contributed by atoms with Crippen LogP contribution in [0, 0.1) is 0 Å². The third-order valence-electron chi connectivity index (χ3n) is 3.05. The van der Waals surface area contributed by atoms with Gasteiger partial charge in [0.15, 0.2) is 0 Å². The van der Waals surface area contributed by atoms with Crippen molar-refractivity contribution in [3.8, 4) is 0 Å². The van der Waals surface area contributed by atoms with Crippen LogP contribution in [0.25, 0.3) is 10.9 Å². The molecule has 2 aromatic rings. The van der Waals surface area contributed by atoms with Crippen LogP contribution < -0.4 is 16.4 Å². The quantitative estimate of drug-likeness (QED) is 0.740. The molecular formula is C15H19BrN4O. The summed E-state index contributed by atoms with van der Waals surface area (Å²) >= 11 is 3.39. The molecule has 0 aliphatic carbocycles. The molecule has 0 saturated heterocycles. The van der Waals surface area contributed by atoms with Crippen LogP contribution in [0.4, 0.5) is 11.4 Å². The number of hydrogen-bond acceptors (Lipinski definition) is 4. The van der Waals surface area contributed by atoms with E-state index in [2.05, 4.69) is 31.5 Å². The van der Waals surface area contributed by atoms with Gasteiger partial charge < -0.3 is 16.4 Å². The lowest BCUT2D eigenvalue weighted by Crippen LogP contribution is -2.41. The molecule has 1 atom stereocenters. The first-order chi connectivity index (χ1) is 9.88. The molecule has 4 N–H and O–H groups in total. The van der Waals surface area contributed by atoms with Crippen LogP contribution in [-0.2, 0) is 4.79 Å². The lowest BCUT2D eigenvalue weighted by molar-refractivity contribution is -0.122. The van der Waals surface area contributed by atoms with E-state index >= 15 is 0 Å². The van der Waals surface area contributed by atoms with Crippen LogP contribution in [0.1, 0.15) is 20.8 Å². The van der Waals surface area contributed by atoms with Gasteiger partial charge in [-0.3, -0.25) is 9.78 Å². The molecule has 1 aromatic carbocycles. The molecule has 0 spiro atoms. The van der Waals surface area contributed by atoms with Gasteiger partial charge in [0, 0.05) is 27.8 Å². The second-order valence-electron chi connectivity index (χ2n) is 5.28. The first-order valence-electron chi connectivity index (χ1n) is 6.79. The first-order valence-corrected chi connectivity index (χ1v) is 7.58. The summed E-state index contributed by atoms with van der Waals surface area (Å²) in [6.07, 6.45) is 1.71. The molecule has 2 rings (SSSR count). The minimum atomic E-state index is -0.357. The highest BCUT2D eigenvalue weighted by molar-refractivity contribution is 9.10. The number of nitrogens with two attached hydrogens (primary N) is 1. The van der Waals surface area contributed by atoms with Crippen LogP contribution in [0.2, 0.25) is 0 Å². The Morgan fingerprint density at radius 1 is 1.33 bits per heavy atom. The molecule has 1 aromatic heterocycles. The largest absolute Gasteiger partial charge is 0.398 e. The SMILES string of the molecule is CC(C)NC(=O)C(C)Nc1ccc(N)c2cc(Br)cnc12. The van der Waals surface area contributed by atoms with Crippen molar-refractivity contribution in [1.29, 1.82) is 0 Å². The summed E-state index contributed by atoms with van der Waals surface area (Å²) < 4.78 is 0.865. The van der Waals surface area contributed by atoms with Crippen molar-refractivity contribution in [3.05, 3.63) is 28.9 Å². The number of nitrogens with zero attached hydrogens (tertiary/aromatic N) is 1. The third-order valence-corrected chi connectivity index (χ3v) is 3.48. The molecular weight excluding hydrogens is 332 g/mol. The Kier molecular flexibility index (Phi) is 4.67. The minimum absolute atomic E-state index is 0.0490. The van der Waals surface area contributed by atoms with Gasteiger partial charge in [0.05, 0.1) is 11.2 Å². The monoisotopic (exact) mass is 350 g/mol. The molecule has 0 bridgehead atoms. The Morgan fingerprint density at radius 2 is 2.05 bits per heavy atom. The molecule has 0 radical (unpaired) electrons. The van der Waals surface area contributed by atoms with Crippen LogP contribution in [0.3, 0.4) is 0 Å². The van der Waals surface area contributed by atoms with Crippen molar-refractivity contribution in [2.75, 3.05) is 11.1 Å². The number of amides is 1. The standard InChI is InChI=1S/C15H19BrN4O/c1-8(2)19-15(21)9(3)20-13-5-4-12(17)11-6-10(16)7-18-14(11)13/h4-9,20H,17H2,1-3H3,(H,19,21). The van der Waals surface area contributed by atoms with E-state index in [1.165, 1.54) is 0 Å². The number of carbonyl (C=O) groups excluding carboxylic acids is 1. The fourth-order valence-electron chi connectivity index (χ4n) is 2.04. The average molecular weight is 351 g/mol. The molecule has 1 amide bonds. The molecule has 5 nitrogen and oxygen atoms in total. The maximum Gasteiger partial charge on any atom is 0.242 e. The normalized spacial score (nSPS) is 12.4. The number of halogens is 1. The van der Waals surface area contributed by atoms with Crippen molar-refractivity contribution in [1.82, 2.24) is 10.3 Å². The van der Waals surface area contributed by atoms with Crippen LogP contribution >= 0.6 is 15.9 Å². The molecule has 21 heavy (non-hydrogen) atoms. The predicted molar refractivity (Wildman–Crippen MR) is 90.2 cm³/mol. The maximum absolute atomic E-state index is 12.0. The van der Waals surface area contributed by atoms with Gasteiger partial charge in [-0.15, -0.1) is 0 Å². The van der Waals surface area contributed by atoms with E-state index in [1.807, 2.05) is 39.0 Å². The zero-order chi connectivity index (χ0) is 15.6. The predicted octanol–water partition coefficient (Wildman–Crippen LogP) is 2.90. The molecule has 6 heteroatoms. The Bertz CT molecular complexity index is 672. The number of rotatable bonds is 4. The van der Waals surface area contributed by atoms with E-state index in [9.17, 15) is 4.79 Å². The Hall–Kier alpha value is -1.82. The summed E-state index contributed by atoms with van der Waals surface area (Å²) in [5.41, 5.74) is 8.18. The number of benzene rings is 1. The van der Waals surface area contributed by atoms with Gasteiger partial charge in [0.2, 0.25) is 5.91 Å². The Morgan fingerprint density at radius 3 is 2.71 bits per heavy atom. The van der Waals surface area contributed by atoms with Crippen molar-refractivity contribution in [3.63, 3.8) is 0 Å². The van der Waals surface area contributed by atoms with E-state index in [0.717, 1.165) is 21.1 Å². The van der Waals surface area contributed by atoms with Gasteiger partial charge in [-0.1, -0.05) is 0 Å². The number of nitrogen functional groups attached to an aromatic ring is 1. The molecule has 0 saturated carbocycles. The van der Waals surface area contributed by atoms with E-state index in [4.69, 9.17) is 5.73 Å². The molecule has 0 fully saturated rings. The summed E-state index contributed by atoms with van der Waals surface area (Å²) in [6, 6.07) is 5.33. The number of fused-ring (bicyclic) bond motifs is 1. The lowest BCUT2D eigenvalue weighted by atomic mass is 10.1. The Labute approximate surface area is 132 Å². The molecule has 0 aliphatic heterocycles. The number of aromatic nitrogens is 1. The highest BCUT2D eigenvalue weighted by Crippen LogP contribution is 2.29. The zero-order valence-electron chi connectivity index (χ0n) is 12.3. The maximum atomic E-state index is 12.0. The van der Waals surface area contributed by atoms with E-state index in [0.29, 0.717) is 5.69 Å². The number of carbonyl (C=O) groups is 1. The van der Waals surface area contributed by atoms with Gasteiger partial charge in [-0.05, 0) is 54.9 Å². The highest BCUT2D eigenvalue weighted by Gasteiger charge is 2.15. The average Bonchev–Trinajstić information content (AvgIpc) is 2.41. The smallest absolute Gasteiger partial charge is 0.242 e. The summed E-state index contributed by atoms with van der Waals surface area (Å²) in [5.74, 6) is -0.0490. The molecule has 1 heterocycles. The van der Waals surface area contributed by atoms with E-state index in [1.54, 1.807) is 6.20 Å². The third kappa shape index (κ3) is 3.64. The Balaban J connectivity index is 2.31. The summed E-state index contributed by atoms with van der Waals surface area (Å²) in [6.45, 7) is 5.68. The van der Waals surface area contributed by atoms with E-state index < -0.39 is 0 Å². The summed E-state index contributed by atoms with van der Waals surface area (Å²) in [4.78, 5) is 16.4.